The molecule has 20 heavy (non-hydrogen) atoms. The Morgan fingerprint density at radius 2 is 2.00 bits per heavy atom. The fourth-order valence-electron chi connectivity index (χ4n) is 2.85. The molecule has 1 N–H and O–H groups in total. The van der Waals surface area contributed by atoms with E-state index in [0.717, 1.165) is 18.4 Å². The number of aliphatic hydroxyl groups is 1. The lowest BCUT2D eigenvalue weighted by Gasteiger charge is -2.33. The predicted molar refractivity (Wildman–Crippen MR) is 81.3 cm³/mol. The first-order valence-electron chi connectivity index (χ1n) is 7.06. The van der Waals surface area contributed by atoms with Crippen molar-refractivity contribution in [2.24, 2.45) is 11.8 Å². The van der Waals surface area contributed by atoms with Gasteiger partial charge in [-0.25, -0.2) is 8.42 Å². The van der Waals surface area contributed by atoms with E-state index in [4.69, 9.17) is 0 Å². The fourth-order valence-corrected chi connectivity index (χ4v) is 5.94. The van der Waals surface area contributed by atoms with Crippen LogP contribution in [-0.2, 0) is 16.6 Å². The SMILES string of the molecule is Cc1csc(CO)c1S(=O)(=O)N1CCC(C(C)C)CC1. The molecule has 1 fully saturated rings. The van der Waals surface area contributed by atoms with Crippen molar-refractivity contribution >= 4 is 21.4 Å². The third-order valence-electron chi connectivity index (χ3n) is 4.17. The average molecular weight is 317 g/mol. The maximum atomic E-state index is 12.7. The third-order valence-corrected chi connectivity index (χ3v) is 7.52. The standard InChI is InChI=1S/C14H23NO3S2/c1-10(2)12-4-6-15(7-5-12)20(17,18)14-11(3)9-19-13(14)8-16/h9-10,12,16H,4-8H2,1-3H3. The van der Waals surface area contributed by atoms with Gasteiger partial charge < -0.3 is 5.11 Å². The molecule has 0 radical (unpaired) electrons. The number of thiophene rings is 1. The normalized spacial score (nSPS) is 18.9. The van der Waals surface area contributed by atoms with E-state index in [1.165, 1.54) is 11.3 Å². The van der Waals surface area contributed by atoms with Gasteiger partial charge in [-0.05, 0) is 42.5 Å². The minimum atomic E-state index is -3.46. The van der Waals surface area contributed by atoms with Gasteiger partial charge in [0.25, 0.3) is 0 Å². The van der Waals surface area contributed by atoms with Crippen LogP contribution >= 0.6 is 11.3 Å². The van der Waals surface area contributed by atoms with Crippen LogP contribution in [0.5, 0.6) is 0 Å². The molecule has 0 saturated carbocycles. The maximum Gasteiger partial charge on any atom is 0.244 e. The third kappa shape index (κ3) is 2.93. The summed E-state index contributed by atoms with van der Waals surface area (Å²) < 4.78 is 27.1. The van der Waals surface area contributed by atoms with Crippen molar-refractivity contribution in [1.82, 2.24) is 4.31 Å². The average Bonchev–Trinajstić information content (AvgIpc) is 2.80. The molecule has 0 atom stereocenters. The zero-order valence-corrected chi connectivity index (χ0v) is 13.9. The van der Waals surface area contributed by atoms with Crippen molar-refractivity contribution in [1.29, 1.82) is 0 Å². The molecule has 0 amide bonds. The van der Waals surface area contributed by atoms with Crippen molar-refractivity contribution < 1.29 is 13.5 Å². The van der Waals surface area contributed by atoms with Crippen LogP contribution in [0.2, 0.25) is 0 Å². The first-order chi connectivity index (χ1) is 9.37. The van der Waals surface area contributed by atoms with Gasteiger partial charge in [-0.3, -0.25) is 0 Å². The van der Waals surface area contributed by atoms with E-state index in [9.17, 15) is 13.5 Å². The molecule has 1 aliphatic heterocycles. The number of piperidine rings is 1. The van der Waals surface area contributed by atoms with Gasteiger partial charge in [0.2, 0.25) is 10.0 Å². The summed E-state index contributed by atoms with van der Waals surface area (Å²) >= 11 is 1.32. The van der Waals surface area contributed by atoms with Gasteiger partial charge in [-0.1, -0.05) is 13.8 Å². The Hall–Kier alpha value is -0.430. The molecule has 0 aliphatic carbocycles. The van der Waals surface area contributed by atoms with E-state index in [-0.39, 0.29) is 6.61 Å². The van der Waals surface area contributed by atoms with Crippen LogP contribution in [0.4, 0.5) is 0 Å². The first-order valence-corrected chi connectivity index (χ1v) is 9.38. The van der Waals surface area contributed by atoms with Crippen LogP contribution < -0.4 is 0 Å². The summed E-state index contributed by atoms with van der Waals surface area (Å²) in [5.41, 5.74) is 0.741. The van der Waals surface area contributed by atoms with Crippen LogP contribution in [-0.4, -0.2) is 30.9 Å². The monoisotopic (exact) mass is 317 g/mol. The van der Waals surface area contributed by atoms with E-state index in [2.05, 4.69) is 13.8 Å². The quantitative estimate of drug-likeness (QED) is 0.928. The molecule has 4 nitrogen and oxygen atoms in total. The van der Waals surface area contributed by atoms with E-state index in [0.29, 0.717) is 34.7 Å². The van der Waals surface area contributed by atoms with Gasteiger partial charge in [-0.2, -0.15) is 4.31 Å². The van der Waals surface area contributed by atoms with Crippen molar-refractivity contribution in [3.05, 3.63) is 15.8 Å². The number of sulfonamides is 1. The Morgan fingerprint density at radius 3 is 2.50 bits per heavy atom. The van der Waals surface area contributed by atoms with Crippen LogP contribution in [0.25, 0.3) is 0 Å². The second kappa shape index (κ2) is 6.13. The molecule has 6 heteroatoms. The van der Waals surface area contributed by atoms with Gasteiger partial charge in [0, 0.05) is 13.1 Å². The summed E-state index contributed by atoms with van der Waals surface area (Å²) in [6.07, 6.45) is 1.85. The molecular weight excluding hydrogens is 294 g/mol. The van der Waals surface area contributed by atoms with Crippen molar-refractivity contribution in [2.75, 3.05) is 13.1 Å². The Bertz CT molecular complexity index is 555. The minimum Gasteiger partial charge on any atom is -0.391 e. The molecule has 114 valence electrons. The zero-order chi connectivity index (χ0) is 14.9. The number of hydrogen-bond donors (Lipinski definition) is 1. The molecule has 0 unspecified atom stereocenters. The maximum absolute atomic E-state index is 12.7. The number of nitrogens with zero attached hydrogens (tertiary/aromatic N) is 1. The number of rotatable bonds is 4. The molecule has 1 saturated heterocycles. The molecular formula is C14H23NO3S2. The highest BCUT2D eigenvalue weighted by Gasteiger charge is 2.33. The van der Waals surface area contributed by atoms with E-state index < -0.39 is 10.0 Å². The number of aliphatic hydroxyl groups excluding tert-OH is 1. The Morgan fingerprint density at radius 1 is 1.40 bits per heavy atom. The second-order valence-electron chi connectivity index (χ2n) is 5.81. The summed E-state index contributed by atoms with van der Waals surface area (Å²) in [4.78, 5) is 0.876. The van der Waals surface area contributed by atoms with Crippen LogP contribution in [0.1, 0.15) is 37.1 Å². The first kappa shape index (κ1) is 15.9. The molecule has 2 heterocycles. The topological polar surface area (TPSA) is 57.6 Å². The summed E-state index contributed by atoms with van der Waals surface area (Å²) in [5.74, 6) is 1.22. The molecule has 0 spiro atoms. The minimum absolute atomic E-state index is 0.213. The lowest BCUT2D eigenvalue weighted by atomic mass is 9.87. The highest BCUT2D eigenvalue weighted by Crippen LogP contribution is 2.33. The zero-order valence-electron chi connectivity index (χ0n) is 12.3. The summed E-state index contributed by atoms with van der Waals surface area (Å²) in [6, 6.07) is 0. The lowest BCUT2D eigenvalue weighted by molar-refractivity contribution is 0.226. The van der Waals surface area contributed by atoms with E-state index >= 15 is 0 Å². The summed E-state index contributed by atoms with van der Waals surface area (Å²) in [5, 5.41) is 11.1. The van der Waals surface area contributed by atoms with Gasteiger partial charge in [0.15, 0.2) is 0 Å². The Kier molecular flexibility index (Phi) is 4.89. The highest BCUT2D eigenvalue weighted by atomic mass is 32.2. The molecule has 1 aromatic heterocycles. The summed E-state index contributed by atoms with van der Waals surface area (Å²) in [7, 11) is -3.46. The molecule has 2 rings (SSSR count). The number of aryl methyl sites for hydroxylation is 1. The smallest absolute Gasteiger partial charge is 0.244 e. The van der Waals surface area contributed by atoms with E-state index in [1.54, 1.807) is 16.6 Å². The summed E-state index contributed by atoms with van der Waals surface area (Å²) in [6.45, 7) is 7.15. The van der Waals surface area contributed by atoms with Gasteiger partial charge in [-0.15, -0.1) is 11.3 Å². The molecule has 0 aromatic carbocycles. The lowest BCUT2D eigenvalue weighted by Crippen LogP contribution is -2.39. The second-order valence-corrected chi connectivity index (χ2v) is 8.65. The van der Waals surface area contributed by atoms with Gasteiger partial charge >= 0.3 is 0 Å². The van der Waals surface area contributed by atoms with Crippen molar-refractivity contribution in [2.45, 2.75) is 45.1 Å². The largest absolute Gasteiger partial charge is 0.391 e. The van der Waals surface area contributed by atoms with Crippen LogP contribution in [0, 0.1) is 18.8 Å². The molecule has 1 aliphatic rings. The van der Waals surface area contributed by atoms with Crippen molar-refractivity contribution in [3.8, 4) is 0 Å². The van der Waals surface area contributed by atoms with Gasteiger partial charge in [0.05, 0.1) is 11.5 Å². The highest BCUT2D eigenvalue weighted by molar-refractivity contribution is 7.89. The Balaban J connectivity index is 2.22. The molecule has 0 bridgehead atoms. The van der Waals surface area contributed by atoms with E-state index in [1.807, 2.05) is 0 Å². The van der Waals surface area contributed by atoms with Crippen LogP contribution in [0.3, 0.4) is 0 Å². The van der Waals surface area contributed by atoms with Crippen LogP contribution in [0.15, 0.2) is 10.3 Å². The predicted octanol–water partition coefficient (Wildman–Crippen LogP) is 2.61. The molecule has 1 aromatic rings. The van der Waals surface area contributed by atoms with Gasteiger partial charge in [0.1, 0.15) is 4.90 Å². The fraction of sp³-hybridized carbons (Fsp3) is 0.714. The number of hydrogen-bond acceptors (Lipinski definition) is 4. The van der Waals surface area contributed by atoms with Crippen molar-refractivity contribution in [3.63, 3.8) is 0 Å². The Labute approximate surface area is 125 Å².